The van der Waals surface area contributed by atoms with Gasteiger partial charge in [-0.05, 0) is 48.6 Å². The molecule has 0 aliphatic carbocycles. The molecule has 1 fully saturated rings. The van der Waals surface area contributed by atoms with Crippen LogP contribution in [0.4, 0.5) is 9.52 Å². The van der Waals surface area contributed by atoms with Crippen molar-refractivity contribution in [2.45, 2.75) is 22.6 Å². The second-order valence-electron chi connectivity index (χ2n) is 7.65. The van der Waals surface area contributed by atoms with E-state index in [2.05, 4.69) is 9.88 Å². The number of para-hydroxylation sites is 1. The molecule has 0 radical (unpaired) electrons. The number of nitrogens with zero attached hydrogens (tertiary/aromatic N) is 3. The van der Waals surface area contributed by atoms with Crippen molar-refractivity contribution in [3.63, 3.8) is 0 Å². The lowest BCUT2D eigenvalue weighted by Crippen LogP contribution is -2.48. The monoisotopic (exact) mass is 493 g/mol. The van der Waals surface area contributed by atoms with E-state index in [4.69, 9.17) is 0 Å². The third-order valence-corrected chi connectivity index (χ3v) is 8.60. The normalized spacial score (nSPS) is 14.8. The van der Waals surface area contributed by atoms with E-state index in [9.17, 15) is 17.6 Å². The van der Waals surface area contributed by atoms with Crippen LogP contribution < -0.4 is 4.90 Å². The molecular formula is C22H24FN3O3S3. The molecule has 6 nitrogen and oxygen atoms in total. The number of benzene rings is 2. The molecule has 1 amide bonds. The van der Waals surface area contributed by atoms with Crippen molar-refractivity contribution in [2.75, 3.05) is 43.1 Å². The van der Waals surface area contributed by atoms with Crippen LogP contribution in [0.15, 0.2) is 52.3 Å². The summed E-state index contributed by atoms with van der Waals surface area (Å²) >= 11 is 3.10. The summed E-state index contributed by atoms with van der Waals surface area (Å²) in [7, 11) is -3.34. The minimum atomic E-state index is -3.34. The number of piperazine rings is 1. The molecule has 32 heavy (non-hydrogen) atoms. The molecule has 2 heterocycles. The van der Waals surface area contributed by atoms with Crippen molar-refractivity contribution >= 4 is 54.2 Å². The Morgan fingerprint density at radius 2 is 1.84 bits per heavy atom. The fraction of sp³-hybridized carbons (Fsp3) is 0.364. The summed E-state index contributed by atoms with van der Waals surface area (Å²) in [6.07, 6.45) is 2.46. The van der Waals surface area contributed by atoms with Gasteiger partial charge in [0.1, 0.15) is 11.3 Å². The van der Waals surface area contributed by atoms with Crippen molar-refractivity contribution < 1.29 is 17.6 Å². The topological polar surface area (TPSA) is 70.6 Å². The molecule has 2 aromatic carbocycles. The first-order valence-electron chi connectivity index (χ1n) is 10.3. The van der Waals surface area contributed by atoms with Gasteiger partial charge in [0.2, 0.25) is 5.91 Å². The van der Waals surface area contributed by atoms with Crippen molar-refractivity contribution in [3.05, 3.63) is 48.3 Å². The number of carbonyl (C=O) groups excluding carboxylic acids is 1. The smallest absolute Gasteiger partial charge is 0.222 e. The highest BCUT2D eigenvalue weighted by atomic mass is 32.2. The molecule has 0 unspecified atom stereocenters. The van der Waals surface area contributed by atoms with Crippen LogP contribution in [-0.2, 0) is 14.6 Å². The van der Waals surface area contributed by atoms with Gasteiger partial charge in [-0.15, -0.1) is 11.8 Å². The molecule has 1 aliphatic rings. The Hall–Kier alpha value is -2.17. The lowest BCUT2D eigenvalue weighted by atomic mass is 10.2. The van der Waals surface area contributed by atoms with Crippen LogP contribution in [0.25, 0.3) is 10.2 Å². The fourth-order valence-electron chi connectivity index (χ4n) is 3.60. The molecule has 170 valence electrons. The van der Waals surface area contributed by atoms with Gasteiger partial charge in [0.15, 0.2) is 15.0 Å². The molecule has 10 heteroatoms. The number of rotatable bonds is 7. The highest BCUT2D eigenvalue weighted by molar-refractivity contribution is 7.99. The van der Waals surface area contributed by atoms with Crippen LogP contribution in [0, 0.1) is 5.82 Å². The van der Waals surface area contributed by atoms with Crippen LogP contribution in [0.3, 0.4) is 0 Å². The van der Waals surface area contributed by atoms with Crippen LogP contribution in [0.5, 0.6) is 0 Å². The Balaban J connectivity index is 1.28. The Bertz CT molecular complexity index is 1200. The van der Waals surface area contributed by atoms with Crippen molar-refractivity contribution in [1.29, 1.82) is 0 Å². The van der Waals surface area contributed by atoms with Crippen LogP contribution in [-0.4, -0.2) is 62.4 Å². The van der Waals surface area contributed by atoms with Crippen molar-refractivity contribution in [3.8, 4) is 0 Å². The molecular weight excluding hydrogens is 469 g/mol. The van der Waals surface area contributed by atoms with E-state index >= 15 is 0 Å². The fourth-order valence-corrected chi connectivity index (χ4v) is 6.39. The van der Waals surface area contributed by atoms with Crippen LogP contribution in [0.2, 0.25) is 0 Å². The zero-order valence-corrected chi connectivity index (χ0v) is 20.1. The standard InChI is InChI=1S/C22H24FN3O3S3/c1-32(28,29)19-5-2-4-18-21(19)24-22(31-18)26-13-11-25(12-14-26)20(27)6-3-15-30-17-9-7-16(23)8-10-17/h2,4-5,7-10H,3,6,11-15H2,1H3. The van der Waals surface area contributed by atoms with E-state index in [1.165, 1.54) is 29.7 Å². The van der Waals surface area contributed by atoms with Crippen molar-refractivity contribution in [1.82, 2.24) is 9.88 Å². The second kappa shape index (κ2) is 9.76. The van der Waals surface area contributed by atoms with E-state index in [1.807, 2.05) is 11.0 Å². The quantitative estimate of drug-likeness (QED) is 0.365. The molecule has 0 spiro atoms. The lowest BCUT2D eigenvalue weighted by Gasteiger charge is -2.34. The zero-order chi connectivity index (χ0) is 22.7. The second-order valence-corrected chi connectivity index (χ2v) is 11.8. The average Bonchev–Trinajstić information content (AvgIpc) is 3.21. The van der Waals surface area contributed by atoms with Crippen LogP contribution >= 0.6 is 23.1 Å². The summed E-state index contributed by atoms with van der Waals surface area (Å²) in [4.78, 5) is 22.4. The Morgan fingerprint density at radius 1 is 1.12 bits per heavy atom. The maximum Gasteiger partial charge on any atom is 0.222 e. The minimum absolute atomic E-state index is 0.146. The number of thioether (sulfide) groups is 1. The Labute approximate surface area is 195 Å². The van der Waals surface area contributed by atoms with Gasteiger partial charge in [-0.2, -0.15) is 0 Å². The predicted molar refractivity (Wildman–Crippen MR) is 128 cm³/mol. The molecule has 3 aromatic rings. The summed E-state index contributed by atoms with van der Waals surface area (Å²) in [6, 6.07) is 11.6. The molecule has 0 bridgehead atoms. The number of fused-ring (bicyclic) bond motifs is 1. The number of carbonyl (C=O) groups is 1. The van der Waals surface area contributed by atoms with E-state index in [0.29, 0.717) is 38.1 Å². The average molecular weight is 494 g/mol. The van der Waals surface area contributed by atoms with Gasteiger partial charge in [-0.25, -0.2) is 17.8 Å². The molecule has 1 saturated heterocycles. The van der Waals surface area contributed by atoms with E-state index in [1.54, 1.807) is 36.0 Å². The first-order chi connectivity index (χ1) is 15.3. The first-order valence-corrected chi connectivity index (χ1v) is 14.0. The van der Waals surface area contributed by atoms with E-state index < -0.39 is 9.84 Å². The summed E-state index contributed by atoms with van der Waals surface area (Å²) < 4.78 is 37.9. The van der Waals surface area contributed by atoms with Gasteiger partial charge in [0, 0.05) is 43.8 Å². The summed E-state index contributed by atoms with van der Waals surface area (Å²) in [5.74, 6) is 0.712. The van der Waals surface area contributed by atoms with Gasteiger partial charge in [0.05, 0.1) is 9.60 Å². The molecule has 1 aromatic heterocycles. The third kappa shape index (κ3) is 5.41. The highest BCUT2D eigenvalue weighted by Crippen LogP contribution is 2.33. The lowest BCUT2D eigenvalue weighted by molar-refractivity contribution is -0.131. The van der Waals surface area contributed by atoms with Gasteiger partial charge < -0.3 is 9.80 Å². The number of hydrogen-bond acceptors (Lipinski definition) is 7. The highest BCUT2D eigenvalue weighted by Gasteiger charge is 2.24. The number of sulfone groups is 1. The molecule has 1 aliphatic heterocycles. The van der Waals surface area contributed by atoms with Crippen molar-refractivity contribution in [2.24, 2.45) is 0 Å². The molecule has 0 N–H and O–H groups in total. The number of thiazole rings is 1. The molecule has 4 rings (SSSR count). The first kappa shape index (κ1) is 23.0. The van der Waals surface area contributed by atoms with Gasteiger partial charge in [-0.3, -0.25) is 4.79 Å². The molecule has 0 atom stereocenters. The third-order valence-electron chi connectivity index (χ3n) is 5.29. The summed E-state index contributed by atoms with van der Waals surface area (Å²) in [5, 5.41) is 0.791. The number of amides is 1. The van der Waals surface area contributed by atoms with E-state index in [0.717, 1.165) is 26.9 Å². The Kier molecular flexibility index (Phi) is 7.02. The SMILES string of the molecule is CS(=O)(=O)c1cccc2sc(N3CCN(C(=O)CCCSc4ccc(F)cc4)CC3)nc12. The number of anilines is 1. The largest absolute Gasteiger partial charge is 0.345 e. The molecule has 0 saturated carbocycles. The maximum atomic E-state index is 13.0. The summed E-state index contributed by atoms with van der Waals surface area (Å²) in [6.45, 7) is 2.59. The number of aromatic nitrogens is 1. The summed E-state index contributed by atoms with van der Waals surface area (Å²) in [5.41, 5.74) is 0.521. The number of hydrogen-bond donors (Lipinski definition) is 0. The zero-order valence-electron chi connectivity index (χ0n) is 17.7. The maximum absolute atomic E-state index is 13.0. The Morgan fingerprint density at radius 3 is 2.53 bits per heavy atom. The van der Waals surface area contributed by atoms with Crippen LogP contribution in [0.1, 0.15) is 12.8 Å². The number of halogens is 1. The van der Waals surface area contributed by atoms with Gasteiger partial charge >= 0.3 is 0 Å². The van der Waals surface area contributed by atoms with E-state index in [-0.39, 0.29) is 16.6 Å². The predicted octanol–water partition coefficient (Wildman–Crippen LogP) is 4.06. The minimum Gasteiger partial charge on any atom is -0.345 e. The van der Waals surface area contributed by atoms with Gasteiger partial charge in [0.25, 0.3) is 0 Å². The van der Waals surface area contributed by atoms with Gasteiger partial charge in [-0.1, -0.05) is 17.4 Å².